The first kappa shape index (κ1) is 16.9. The Morgan fingerprint density at radius 3 is 3.00 bits per heavy atom. The highest BCUT2D eigenvalue weighted by Gasteiger charge is 2.40. The number of carbonyl (C=O) groups excluding carboxylic acids is 1. The Bertz CT molecular complexity index is 517. The van der Waals surface area contributed by atoms with Crippen molar-refractivity contribution >= 4 is 17.2 Å². The smallest absolute Gasteiger partial charge is 0.227 e. The molecule has 0 unspecified atom stereocenters. The lowest BCUT2D eigenvalue weighted by Gasteiger charge is -2.44. The van der Waals surface area contributed by atoms with Crippen molar-refractivity contribution in [2.45, 2.75) is 39.2 Å². The number of hydrogen-bond acceptors (Lipinski definition) is 4. The Labute approximate surface area is 143 Å². The molecule has 128 valence electrons. The Morgan fingerprint density at radius 2 is 2.26 bits per heavy atom. The molecule has 23 heavy (non-hydrogen) atoms. The molecule has 3 heterocycles. The lowest BCUT2D eigenvalue weighted by Crippen LogP contribution is -2.53. The average molecular weight is 337 g/mol. The minimum atomic E-state index is 0.115. The minimum Gasteiger partial charge on any atom is -0.379 e. The molecule has 3 rings (SSSR count). The second-order valence-electron chi connectivity index (χ2n) is 7.29. The lowest BCUT2D eigenvalue weighted by atomic mass is 9.79. The van der Waals surface area contributed by atoms with Crippen LogP contribution in [0.5, 0.6) is 0 Å². The summed E-state index contributed by atoms with van der Waals surface area (Å²) in [4.78, 5) is 18.4. The fraction of sp³-hybridized carbons (Fsp3) is 0.722. The molecule has 2 fully saturated rings. The van der Waals surface area contributed by atoms with E-state index in [0.717, 1.165) is 50.7 Å². The van der Waals surface area contributed by atoms with Crippen molar-refractivity contribution in [2.75, 3.05) is 39.4 Å². The van der Waals surface area contributed by atoms with Crippen molar-refractivity contribution in [1.29, 1.82) is 0 Å². The van der Waals surface area contributed by atoms with Gasteiger partial charge in [0.2, 0.25) is 5.91 Å². The summed E-state index contributed by atoms with van der Waals surface area (Å²) in [6.07, 6.45) is 2.80. The van der Waals surface area contributed by atoms with E-state index in [0.29, 0.717) is 12.5 Å². The summed E-state index contributed by atoms with van der Waals surface area (Å²) >= 11 is 1.67. The van der Waals surface area contributed by atoms with Crippen molar-refractivity contribution in [2.24, 2.45) is 5.41 Å². The first-order valence-electron chi connectivity index (χ1n) is 8.70. The van der Waals surface area contributed by atoms with Gasteiger partial charge in [-0.05, 0) is 38.1 Å². The van der Waals surface area contributed by atoms with Crippen LogP contribution < -0.4 is 0 Å². The zero-order valence-electron chi connectivity index (χ0n) is 14.3. The standard InChI is InChI=1S/C18H28N2O2S/c1-15(2)19-8-9-22-14-18(12-19)6-4-7-20(13-18)17(21)11-16-5-3-10-23-16/h3,5,10,15H,4,6-9,11-14H2,1-2H3/t18-/m0/s1. The Balaban J connectivity index is 1.67. The number of hydrogen-bond donors (Lipinski definition) is 0. The van der Waals surface area contributed by atoms with Crippen molar-refractivity contribution in [3.05, 3.63) is 22.4 Å². The summed E-state index contributed by atoms with van der Waals surface area (Å²) < 4.78 is 5.92. The van der Waals surface area contributed by atoms with Crippen LogP contribution in [0.2, 0.25) is 0 Å². The summed E-state index contributed by atoms with van der Waals surface area (Å²) in [6.45, 7) is 9.90. The maximum atomic E-state index is 12.7. The summed E-state index contributed by atoms with van der Waals surface area (Å²) in [5, 5.41) is 2.04. The van der Waals surface area contributed by atoms with E-state index in [4.69, 9.17) is 4.74 Å². The highest BCUT2D eigenvalue weighted by Crippen LogP contribution is 2.34. The second-order valence-corrected chi connectivity index (χ2v) is 8.32. The van der Waals surface area contributed by atoms with Gasteiger partial charge in [-0.3, -0.25) is 9.69 Å². The zero-order valence-corrected chi connectivity index (χ0v) is 15.1. The van der Waals surface area contributed by atoms with Crippen LogP contribution in [0.15, 0.2) is 17.5 Å². The monoisotopic (exact) mass is 336 g/mol. The normalized spacial score (nSPS) is 26.7. The van der Waals surface area contributed by atoms with E-state index in [-0.39, 0.29) is 11.3 Å². The lowest BCUT2D eigenvalue weighted by molar-refractivity contribution is -0.135. The molecule has 2 aliphatic heterocycles. The van der Waals surface area contributed by atoms with E-state index in [2.05, 4.69) is 29.7 Å². The number of thiophene rings is 1. The quantitative estimate of drug-likeness (QED) is 0.851. The number of likely N-dealkylation sites (tertiary alicyclic amines) is 1. The molecule has 0 bridgehead atoms. The molecule has 1 aromatic rings. The van der Waals surface area contributed by atoms with E-state index >= 15 is 0 Å². The van der Waals surface area contributed by atoms with Gasteiger partial charge in [0.25, 0.3) is 0 Å². The first-order valence-corrected chi connectivity index (χ1v) is 9.58. The maximum absolute atomic E-state index is 12.7. The number of amides is 1. The largest absolute Gasteiger partial charge is 0.379 e. The van der Waals surface area contributed by atoms with E-state index in [1.54, 1.807) is 11.3 Å². The molecule has 1 spiro atoms. The van der Waals surface area contributed by atoms with Crippen LogP contribution >= 0.6 is 11.3 Å². The molecule has 1 atom stereocenters. The van der Waals surface area contributed by atoms with Crippen LogP contribution in [0.25, 0.3) is 0 Å². The number of carbonyl (C=O) groups is 1. The maximum Gasteiger partial charge on any atom is 0.227 e. The highest BCUT2D eigenvalue weighted by atomic mass is 32.1. The van der Waals surface area contributed by atoms with Crippen LogP contribution in [-0.2, 0) is 16.0 Å². The van der Waals surface area contributed by atoms with Crippen molar-refractivity contribution in [3.8, 4) is 0 Å². The van der Waals surface area contributed by atoms with Gasteiger partial charge in [0, 0.05) is 42.5 Å². The van der Waals surface area contributed by atoms with Gasteiger partial charge < -0.3 is 9.64 Å². The third kappa shape index (κ3) is 4.14. The highest BCUT2D eigenvalue weighted by molar-refractivity contribution is 7.10. The third-order valence-electron chi connectivity index (χ3n) is 5.12. The molecule has 1 aromatic heterocycles. The molecule has 4 nitrogen and oxygen atoms in total. The van der Waals surface area contributed by atoms with Crippen LogP contribution in [0, 0.1) is 5.41 Å². The molecule has 5 heteroatoms. The van der Waals surface area contributed by atoms with E-state index in [9.17, 15) is 4.79 Å². The van der Waals surface area contributed by atoms with Crippen molar-refractivity contribution in [3.63, 3.8) is 0 Å². The molecule has 1 amide bonds. The van der Waals surface area contributed by atoms with Gasteiger partial charge in [0.05, 0.1) is 19.6 Å². The molecule has 0 saturated carbocycles. The van der Waals surface area contributed by atoms with Gasteiger partial charge >= 0.3 is 0 Å². The van der Waals surface area contributed by atoms with Crippen LogP contribution in [-0.4, -0.2) is 61.1 Å². The molecular formula is C18H28N2O2S. The van der Waals surface area contributed by atoms with E-state index in [1.165, 1.54) is 6.42 Å². The second kappa shape index (κ2) is 7.32. The molecule has 0 aromatic carbocycles. The first-order chi connectivity index (χ1) is 11.1. The van der Waals surface area contributed by atoms with Crippen LogP contribution in [0.4, 0.5) is 0 Å². The number of nitrogens with zero attached hydrogens (tertiary/aromatic N) is 2. The predicted molar refractivity (Wildman–Crippen MR) is 93.8 cm³/mol. The summed E-state index contributed by atoms with van der Waals surface area (Å²) in [5.74, 6) is 0.270. The van der Waals surface area contributed by atoms with E-state index in [1.807, 2.05) is 11.4 Å². The van der Waals surface area contributed by atoms with Gasteiger partial charge in [-0.2, -0.15) is 0 Å². The van der Waals surface area contributed by atoms with E-state index < -0.39 is 0 Å². The third-order valence-corrected chi connectivity index (χ3v) is 6.00. The fourth-order valence-electron chi connectivity index (χ4n) is 3.81. The van der Waals surface area contributed by atoms with Crippen molar-refractivity contribution in [1.82, 2.24) is 9.80 Å². The molecule has 2 aliphatic rings. The van der Waals surface area contributed by atoms with Gasteiger partial charge in [-0.1, -0.05) is 6.07 Å². The van der Waals surface area contributed by atoms with Gasteiger partial charge in [-0.15, -0.1) is 11.3 Å². The predicted octanol–water partition coefficient (Wildman–Crippen LogP) is 2.64. The molecule has 0 radical (unpaired) electrons. The van der Waals surface area contributed by atoms with Crippen LogP contribution in [0.1, 0.15) is 31.6 Å². The molecular weight excluding hydrogens is 308 g/mol. The molecule has 0 N–H and O–H groups in total. The zero-order chi connectivity index (χ0) is 16.3. The molecule has 2 saturated heterocycles. The Morgan fingerprint density at radius 1 is 1.39 bits per heavy atom. The molecule has 0 aliphatic carbocycles. The Hall–Kier alpha value is -0.910. The van der Waals surface area contributed by atoms with Crippen LogP contribution in [0.3, 0.4) is 0 Å². The summed E-state index contributed by atoms with van der Waals surface area (Å²) in [5.41, 5.74) is 0.115. The summed E-state index contributed by atoms with van der Waals surface area (Å²) in [6, 6.07) is 4.60. The topological polar surface area (TPSA) is 32.8 Å². The minimum absolute atomic E-state index is 0.115. The Kier molecular flexibility index (Phi) is 5.39. The number of ether oxygens (including phenoxy) is 1. The number of piperidine rings is 1. The summed E-state index contributed by atoms with van der Waals surface area (Å²) in [7, 11) is 0. The van der Waals surface area contributed by atoms with Crippen molar-refractivity contribution < 1.29 is 9.53 Å². The average Bonchev–Trinajstić information content (AvgIpc) is 2.95. The van der Waals surface area contributed by atoms with Gasteiger partial charge in [-0.25, -0.2) is 0 Å². The van der Waals surface area contributed by atoms with Gasteiger partial charge in [0.15, 0.2) is 0 Å². The van der Waals surface area contributed by atoms with Gasteiger partial charge in [0.1, 0.15) is 0 Å². The fourth-order valence-corrected chi connectivity index (χ4v) is 4.50. The number of rotatable bonds is 3. The SMILES string of the molecule is CC(C)N1CCOC[C@@]2(CCCN(C(=O)Cc3cccs3)C2)C1.